The van der Waals surface area contributed by atoms with Crippen LogP contribution in [0.5, 0.6) is 0 Å². The van der Waals surface area contributed by atoms with E-state index in [-0.39, 0.29) is 5.75 Å². The van der Waals surface area contributed by atoms with Crippen LogP contribution in [0.1, 0.15) is 42.9 Å². The van der Waals surface area contributed by atoms with Gasteiger partial charge in [-0.3, -0.25) is 4.79 Å². The van der Waals surface area contributed by atoms with Gasteiger partial charge in [-0.2, -0.15) is 0 Å². The van der Waals surface area contributed by atoms with Crippen molar-refractivity contribution in [2.24, 2.45) is 0 Å². The number of carbonyl (C=O) groups excluding carboxylic acids is 1. The Bertz CT molecular complexity index is 626. The number of hydrogen-bond donors (Lipinski definition) is 2. The molecule has 0 saturated carbocycles. The minimum Gasteiger partial charge on any atom is -0.351 e. The van der Waals surface area contributed by atoms with Gasteiger partial charge in [-0.15, -0.1) is 0 Å². The van der Waals surface area contributed by atoms with Crippen LogP contribution < -0.4 is 10.6 Å². The summed E-state index contributed by atoms with van der Waals surface area (Å²) in [6, 6.07) is 6.09. The second-order valence-electron chi connectivity index (χ2n) is 5.78. The maximum absolute atomic E-state index is 11.8. The maximum atomic E-state index is 11.8. The third-order valence-corrected chi connectivity index (χ3v) is 5.41. The standard InChI is InChI=1S/C16H24N2O3S/c1-2-3-4-7-22(20,21)12-16(19)18-9-13-5-6-14-10-17-11-15(14)8-13/h5-6,8,17H,2-4,7,9-12H2,1H3,(H,18,19). The van der Waals surface area contributed by atoms with Gasteiger partial charge in [0.25, 0.3) is 0 Å². The molecule has 1 aliphatic heterocycles. The number of fused-ring (bicyclic) bond motifs is 1. The topological polar surface area (TPSA) is 75.3 Å². The summed E-state index contributed by atoms with van der Waals surface area (Å²) in [5, 5.41) is 5.97. The van der Waals surface area contributed by atoms with Crippen molar-refractivity contribution in [3.63, 3.8) is 0 Å². The van der Waals surface area contributed by atoms with E-state index >= 15 is 0 Å². The fourth-order valence-corrected chi connectivity index (χ4v) is 3.84. The van der Waals surface area contributed by atoms with Crippen LogP contribution in [-0.2, 0) is 34.3 Å². The molecule has 0 unspecified atom stereocenters. The van der Waals surface area contributed by atoms with Crippen molar-refractivity contribution >= 4 is 15.7 Å². The zero-order chi connectivity index (χ0) is 16.0. The lowest BCUT2D eigenvalue weighted by molar-refractivity contribution is -0.118. The summed E-state index contributed by atoms with van der Waals surface area (Å²) in [6.45, 7) is 4.13. The average Bonchev–Trinajstić information content (AvgIpc) is 2.92. The summed E-state index contributed by atoms with van der Waals surface area (Å²) in [5.74, 6) is -0.739. The Morgan fingerprint density at radius 3 is 2.77 bits per heavy atom. The van der Waals surface area contributed by atoms with Gasteiger partial charge in [0.2, 0.25) is 5.91 Å². The van der Waals surface area contributed by atoms with Gasteiger partial charge in [-0.05, 0) is 23.1 Å². The first-order valence-corrected chi connectivity index (χ1v) is 9.61. The van der Waals surface area contributed by atoms with E-state index in [4.69, 9.17) is 0 Å². The molecule has 0 fully saturated rings. The largest absolute Gasteiger partial charge is 0.351 e. The molecule has 1 aromatic carbocycles. The first-order valence-electron chi connectivity index (χ1n) is 7.78. The van der Waals surface area contributed by atoms with Crippen LogP contribution in [0.15, 0.2) is 18.2 Å². The van der Waals surface area contributed by atoms with Crippen molar-refractivity contribution in [1.29, 1.82) is 0 Å². The van der Waals surface area contributed by atoms with Crippen LogP contribution in [-0.4, -0.2) is 25.8 Å². The molecule has 0 spiro atoms. The molecule has 0 bridgehead atoms. The molecule has 2 rings (SSSR count). The summed E-state index contributed by atoms with van der Waals surface area (Å²) >= 11 is 0. The summed E-state index contributed by atoms with van der Waals surface area (Å²) in [5.41, 5.74) is 3.53. The van der Waals surface area contributed by atoms with Gasteiger partial charge >= 0.3 is 0 Å². The molecular formula is C16H24N2O3S. The first kappa shape index (κ1) is 17.0. The smallest absolute Gasteiger partial charge is 0.235 e. The highest BCUT2D eigenvalue weighted by molar-refractivity contribution is 7.92. The molecule has 5 nitrogen and oxygen atoms in total. The van der Waals surface area contributed by atoms with Crippen molar-refractivity contribution in [3.05, 3.63) is 34.9 Å². The minimum atomic E-state index is -3.29. The van der Waals surface area contributed by atoms with Crippen LogP contribution in [0.2, 0.25) is 0 Å². The van der Waals surface area contributed by atoms with E-state index in [2.05, 4.69) is 22.8 Å². The zero-order valence-electron chi connectivity index (χ0n) is 13.0. The Morgan fingerprint density at radius 2 is 2.00 bits per heavy atom. The predicted molar refractivity (Wildman–Crippen MR) is 87.0 cm³/mol. The highest BCUT2D eigenvalue weighted by Gasteiger charge is 2.16. The van der Waals surface area contributed by atoms with E-state index in [1.165, 1.54) is 11.1 Å². The number of unbranched alkanes of at least 4 members (excludes halogenated alkanes) is 2. The first-order chi connectivity index (χ1) is 10.5. The van der Waals surface area contributed by atoms with E-state index in [1.807, 2.05) is 13.0 Å². The van der Waals surface area contributed by atoms with Crippen LogP contribution in [0.4, 0.5) is 0 Å². The Hall–Kier alpha value is -1.40. The molecule has 1 amide bonds. The second kappa shape index (κ2) is 7.74. The lowest BCUT2D eigenvalue weighted by atomic mass is 10.1. The summed E-state index contributed by atoms with van der Waals surface area (Å²) < 4.78 is 23.6. The lowest BCUT2D eigenvalue weighted by Gasteiger charge is -2.08. The number of hydrogen-bond acceptors (Lipinski definition) is 4. The van der Waals surface area contributed by atoms with Crippen molar-refractivity contribution in [3.8, 4) is 0 Å². The third-order valence-electron chi connectivity index (χ3n) is 3.80. The molecule has 0 radical (unpaired) electrons. The van der Waals surface area contributed by atoms with Crippen LogP contribution in [0.3, 0.4) is 0 Å². The molecule has 122 valence electrons. The number of amides is 1. The molecule has 1 aliphatic rings. The molecule has 2 N–H and O–H groups in total. The molecule has 0 atom stereocenters. The number of nitrogens with one attached hydrogen (secondary N) is 2. The Kier molecular flexibility index (Phi) is 5.97. The summed E-state index contributed by atoms with van der Waals surface area (Å²) in [6.07, 6.45) is 2.48. The summed E-state index contributed by atoms with van der Waals surface area (Å²) in [7, 11) is -3.29. The van der Waals surface area contributed by atoms with Crippen molar-refractivity contribution in [2.75, 3.05) is 11.5 Å². The van der Waals surface area contributed by atoms with Gasteiger partial charge in [0.15, 0.2) is 9.84 Å². The molecule has 0 aromatic heterocycles. The molecule has 0 aliphatic carbocycles. The van der Waals surface area contributed by atoms with Gasteiger partial charge in [0, 0.05) is 19.6 Å². The molecule has 1 aromatic rings. The number of carbonyl (C=O) groups is 1. The van der Waals surface area contributed by atoms with Gasteiger partial charge in [-0.1, -0.05) is 38.0 Å². The quantitative estimate of drug-likeness (QED) is 0.711. The van der Waals surface area contributed by atoms with Crippen LogP contribution in [0, 0.1) is 0 Å². The van der Waals surface area contributed by atoms with Gasteiger partial charge in [0.05, 0.1) is 5.75 Å². The molecular weight excluding hydrogens is 300 g/mol. The number of benzene rings is 1. The van der Waals surface area contributed by atoms with Crippen LogP contribution >= 0.6 is 0 Å². The third kappa shape index (κ3) is 5.10. The zero-order valence-corrected chi connectivity index (χ0v) is 13.8. The summed E-state index contributed by atoms with van der Waals surface area (Å²) in [4.78, 5) is 11.8. The molecule has 0 saturated heterocycles. The van der Waals surface area contributed by atoms with Gasteiger partial charge < -0.3 is 10.6 Å². The normalized spacial score (nSPS) is 13.9. The fourth-order valence-electron chi connectivity index (χ4n) is 2.55. The fraction of sp³-hybridized carbons (Fsp3) is 0.562. The number of sulfone groups is 1. The Balaban J connectivity index is 1.80. The molecule has 6 heteroatoms. The predicted octanol–water partition coefficient (Wildman–Crippen LogP) is 1.51. The van der Waals surface area contributed by atoms with E-state index in [9.17, 15) is 13.2 Å². The maximum Gasteiger partial charge on any atom is 0.235 e. The SMILES string of the molecule is CCCCCS(=O)(=O)CC(=O)NCc1ccc2c(c1)CNC2. The monoisotopic (exact) mass is 324 g/mol. The van der Waals surface area contributed by atoms with Crippen molar-refractivity contribution < 1.29 is 13.2 Å². The van der Waals surface area contributed by atoms with Crippen molar-refractivity contribution in [2.45, 2.75) is 45.8 Å². The van der Waals surface area contributed by atoms with Crippen molar-refractivity contribution in [1.82, 2.24) is 10.6 Å². The van der Waals surface area contributed by atoms with E-state index in [0.29, 0.717) is 13.0 Å². The lowest BCUT2D eigenvalue weighted by Crippen LogP contribution is -2.31. The Labute approximate surface area is 132 Å². The van der Waals surface area contributed by atoms with E-state index < -0.39 is 21.5 Å². The highest BCUT2D eigenvalue weighted by atomic mass is 32.2. The highest BCUT2D eigenvalue weighted by Crippen LogP contribution is 2.16. The Morgan fingerprint density at radius 1 is 1.23 bits per heavy atom. The van der Waals surface area contributed by atoms with Crippen LogP contribution in [0.25, 0.3) is 0 Å². The van der Waals surface area contributed by atoms with Gasteiger partial charge in [-0.25, -0.2) is 8.42 Å². The number of rotatable bonds is 8. The van der Waals surface area contributed by atoms with Gasteiger partial charge in [0.1, 0.15) is 5.75 Å². The minimum absolute atomic E-state index is 0.0960. The molecule has 22 heavy (non-hydrogen) atoms. The van der Waals surface area contributed by atoms with E-state index in [0.717, 1.165) is 31.5 Å². The molecule has 1 heterocycles. The average molecular weight is 324 g/mol. The van der Waals surface area contributed by atoms with E-state index in [1.54, 1.807) is 0 Å². The second-order valence-corrected chi connectivity index (χ2v) is 7.97.